The molecular formula is C19H13F2N3O3S. The summed E-state index contributed by atoms with van der Waals surface area (Å²) in [4.78, 5) is 24.8. The molecule has 0 spiro atoms. The van der Waals surface area contributed by atoms with Crippen LogP contribution >= 0.6 is 11.8 Å². The Hall–Kier alpha value is -3.33. The van der Waals surface area contributed by atoms with Gasteiger partial charge in [-0.2, -0.15) is 5.10 Å². The molecule has 2 aromatic carbocycles. The van der Waals surface area contributed by atoms with E-state index in [4.69, 9.17) is 5.11 Å². The Labute approximate surface area is 162 Å². The molecule has 1 heterocycles. The minimum Gasteiger partial charge on any atom is -0.480 e. The SMILES string of the molecule is O=C(O)CN1C(=O)C(=Cc2ccc(F)cc2)SC1=NN=Cc1ccc(F)cc1. The molecule has 0 radical (unpaired) electrons. The fraction of sp³-hybridized carbons (Fsp3) is 0.0526. The lowest BCUT2D eigenvalue weighted by atomic mass is 10.2. The van der Waals surface area contributed by atoms with Crippen molar-refractivity contribution in [3.63, 3.8) is 0 Å². The van der Waals surface area contributed by atoms with Crippen LogP contribution in [0.25, 0.3) is 6.08 Å². The largest absolute Gasteiger partial charge is 0.480 e. The first kappa shape index (κ1) is 19.4. The van der Waals surface area contributed by atoms with Gasteiger partial charge in [0, 0.05) is 0 Å². The Morgan fingerprint density at radius 1 is 1.04 bits per heavy atom. The molecule has 0 saturated carbocycles. The maximum Gasteiger partial charge on any atom is 0.323 e. The fourth-order valence-electron chi connectivity index (χ4n) is 2.26. The van der Waals surface area contributed by atoms with E-state index in [1.54, 1.807) is 0 Å². The molecule has 0 atom stereocenters. The van der Waals surface area contributed by atoms with E-state index in [0.29, 0.717) is 11.1 Å². The number of amidine groups is 1. The van der Waals surface area contributed by atoms with Gasteiger partial charge in [0.25, 0.3) is 5.91 Å². The van der Waals surface area contributed by atoms with Crippen molar-refractivity contribution >= 4 is 41.1 Å². The zero-order valence-electron chi connectivity index (χ0n) is 14.3. The third kappa shape index (κ3) is 4.89. The summed E-state index contributed by atoms with van der Waals surface area (Å²) in [6.07, 6.45) is 2.88. The van der Waals surface area contributed by atoms with E-state index in [0.717, 1.165) is 16.7 Å². The van der Waals surface area contributed by atoms with Crippen molar-refractivity contribution in [2.75, 3.05) is 6.54 Å². The van der Waals surface area contributed by atoms with Crippen LogP contribution in [0.1, 0.15) is 11.1 Å². The average Bonchev–Trinajstić information content (AvgIpc) is 2.94. The second-order valence-electron chi connectivity index (χ2n) is 5.63. The predicted molar refractivity (Wildman–Crippen MR) is 103 cm³/mol. The van der Waals surface area contributed by atoms with E-state index in [-0.39, 0.29) is 15.9 Å². The average molecular weight is 401 g/mol. The first-order chi connectivity index (χ1) is 13.4. The highest BCUT2D eigenvalue weighted by Crippen LogP contribution is 2.32. The van der Waals surface area contributed by atoms with E-state index in [9.17, 15) is 18.4 Å². The zero-order chi connectivity index (χ0) is 20.1. The van der Waals surface area contributed by atoms with E-state index in [1.807, 2.05) is 0 Å². The number of hydrogen-bond donors (Lipinski definition) is 1. The van der Waals surface area contributed by atoms with Crippen LogP contribution in [0.5, 0.6) is 0 Å². The maximum absolute atomic E-state index is 13.0. The lowest BCUT2D eigenvalue weighted by Crippen LogP contribution is -2.34. The van der Waals surface area contributed by atoms with Gasteiger partial charge in [-0.25, -0.2) is 8.78 Å². The Kier molecular flexibility index (Phi) is 5.95. The number of halogens is 2. The van der Waals surface area contributed by atoms with Gasteiger partial charge in [0.1, 0.15) is 18.2 Å². The van der Waals surface area contributed by atoms with Crippen molar-refractivity contribution in [2.24, 2.45) is 10.2 Å². The van der Waals surface area contributed by atoms with Crippen LogP contribution in [0, 0.1) is 11.6 Å². The number of benzene rings is 2. The summed E-state index contributed by atoms with van der Waals surface area (Å²) in [6.45, 7) is -0.572. The first-order valence-corrected chi connectivity index (χ1v) is 8.79. The van der Waals surface area contributed by atoms with Gasteiger partial charge in [0.05, 0.1) is 11.1 Å². The van der Waals surface area contributed by atoms with Gasteiger partial charge in [-0.1, -0.05) is 24.3 Å². The molecule has 1 amide bonds. The van der Waals surface area contributed by atoms with Gasteiger partial charge in [0.2, 0.25) is 0 Å². The van der Waals surface area contributed by atoms with Gasteiger partial charge in [-0.05, 0) is 53.2 Å². The zero-order valence-corrected chi connectivity index (χ0v) is 15.1. The van der Waals surface area contributed by atoms with E-state index < -0.39 is 24.2 Å². The molecular weight excluding hydrogens is 388 g/mol. The van der Waals surface area contributed by atoms with Crippen LogP contribution in [0.15, 0.2) is 63.6 Å². The summed E-state index contributed by atoms with van der Waals surface area (Å²) in [6, 6.07) is 11.0. The monoisotopic (exact) mass is 401 g/mol. The van der Waals surface area contributed by atoms with Gasteiger partial charge >= 0.3 is 5.97 Å². The minimum atomic E-state index is -1.20. The molecule has 0 aliphatic carbocycles. The predicted octanol–water partition coefficient (Wildman–Crippen LogP) is 3.36. The van der Waals surface area contributed by atoms with Crippen molar-refractivity contribution in [3.8, 4) is 0 Å². The molecule has 0 unspecified atom stereocenters. The van der Waals surface area contributed by atoms with Gasteiger partial charge < -0.3 is 5.11 Å². The smallest absolute Gasteiger partial charge is 0.323 e. The van der Waals surface area contributed by atoms with Crippen molar-refractivity contribution in [2.45, 2.75) is 0 Å². The number of carboxylic acid groups (broad SMARTS) is 1. The molecule has 6 nitrogen and oxygen atoms in total. The molecule has 3 rings (SSSR count). The second-order valence-corrected chi connectivity index (χ2v) is 6.64. The van der Waals surface area contributed by atoms with E-state index >= 15 is 0 Å². The van der Waals surface area contributed by atoms with Crippen molar-refractivity contribution in [1.29, 1.82) is 0 Å². The third-order valence-electron chi connectivity index (χ3n) is 3.57. The summed E-state index contributed by atoms with van der Waals surface area (Å²) < 4.78 is 25.9. The summed E-state index contributed by atoms with van der Waals surface area (Å²) in [7, 11) is 0. The van der Waals surface area contributed by atoms with Crippen LogP contribution in [0.4, 0.5) is 8.78 Å². The molecule has 1 saturated heterocycles. The van der Waals surface area contributed by atoms with Crippen LogP contribution in [0.3, 0.4) is 0 Å². The quantitative estimate of drug-likeness (QED) is 0.473. The van der Waals surface area contributed by atoms with Crippen LogP contribution in [-0.4, -0.2) is 39.8 Å². The summed E-state index contributed by atoms with van der Waals surface area (Å²) in [5.41, 5.74) is 1.18. The topological polar surface area (TPSA) is 82.3 Å². The number of thioether (sulfide) groups is 1. The molecule has 2 aromatic rings. The molecule has 1 fully saturated rings. The molecule has 9 heteroatoms. The third-order valence-corrected chi connectivity index (χ3v) is 4.57. The van der Waals surface area contributed by atoms with Gasteiger partial charge in [-0.3, -0.25) is 14.5 Å². The summed E-state index contributed by atoms with van der Waals surface area (Å²) in [5, 5.41) is 16.9. The Bertz CT molecular complexity index is 986. The number of carbonyl (C=O) groups excluding carboxylic acids is 1. The molecule has 1 N–H and O–H groups in total. The highest BCUT2D eigenvalue weighted by Gasteiger charge is 2.34. The Morgan fingerprint density at radius 2 is 1.61 bits per heavy atom. The number of aliphatic carboxylic acids is 1. The number of carbonyl (C=O) groups is 2. The van der Waals surface area contributed by atoms with Crippen LogP contribution < -0.4 is 0 Å². The fourth-order valence-corrected chi connectivity index (χ4v) is 3.20. The highest BCUT2D eigenvalue weighted by molar-refractivity contribution is 8.18. The molecule has 142 valence electrons. The molecule has 0 aromatic heterocycles. The minimum absolute atomic E-state index is 0.0964. The van der Waals surface area contributed by atoms with Crippen molar-refractivity contribution in [3.05, 3.63) is 76.2 Å². The second kappa shape index (κ2) is 8.57. The summed E-state index contributed by atoms with van der Waals surface area (Å²) in [5.74, 6) is -2.53. The number of carboxylic acids is 1. The highest BCUT2D eigenvalue weighted by atomic mass is 32.2. The van der Waals surface area contributed by atoms with Crippen molar-refractivity contribution in [1.82, 2.24) is 4.90 Å². The van der Waals surface area contributed by atoms with Gasteiger partial charge in [0.15, 0.2) is 5.17 Å². The Balaban J connectivity index is 1.85. The van der Waals surface area contributed by atoms with Crippen molar-refractivity contribution < 1.29 is 23.5 Å². The lowest BCUT2D eigenvalue weighted by Gasteiger charge is -2.10. The standard InChI is InChI=1S/C19H13F2N3O3S/c20-14-5-1-12(2-6-14)9-16-18(27)24(11-17(25)26)19(28-16)23-22-10-13-3-7-15(21)8-4-13/h1-10H,11H2,(H,25,26). The molecule has 1 aliphatic rings. The first-order valence-electron chi connectivity index (χ1n) is 7.98. The van der Waals surface area contributed by atoms with E-state index in [1.165, 1.54) is 60.8 Å². The normalized spacial score (nSPS) is 17.2. The molecule has 1 aliphatic heterocycles. The number of nitrogens with zero attached hydrogens (tertiary/aromatic N) is 3. The molecule has 28 heavy (non-hydrogen) atoms. The number of hydrogen-bond acceptors (Lipinski definition) is 5. The number of rotatable bonds is 5. The van der Waals surface area contributed by atoms with E-state index in [2.05, 4.69) is 10.2 Å². The van der Waals surface area contributed by atoms with Gasteiger partial charge in [-0.15, -0.1) is 5.10 Å². The lowest BCUT2D eigenvalue weighted by molar-refractivity contribution is -0.140. The van der Waals surface area contributed by atoms with Crippen LogP contribution in [-0.2, 0) is 9.59 Å². The number of amides is 1. The van der Waals surface area contributed by atoms with Crippen LogP contribution in [0.2, 0.25) is 0 Å². The molecule has 0 bridgehead atoms. The Morgan fingerprint density at radius 3 is 2.18 bits per heavy atom. The maximum atomic E-state index is 13.0. The summed E-state index contributed by atoms with van der Waals surface area (Å²) >= 11 is 0.962.